The van der Waals surface area contributed by atoms with Gasteiger partial charge in [0.2, 0.25) is 0 Å². The maximum atomic E-state index is 12.1. The number of benzene rings is 2. The number of aryl methyl sites for hydroxylation is 1. The van der Waals surface area contributed by atoms with Crippen LogP contribution in [0.3, 0.4) is 0 Å². The van der Waals surface area contributed by atoms with Gasteiger partial charge in [0.05, 0.1) is 0 Å². The molecule has 0 spiro atoms. The fraction of sp³-hybridized carbons (Fsp3) is 0.409. The van der Waals surface area contributed by atoms with Crippen LogP contribution < -0.4 is 0 Å². The van der Waals surface area contributed by atoms with Crippen molar-refractivity contribution in [3.63, 3.8) is 0 Å². The van der Waals surface area contributed by atoms with Crippen LogP contribution in [-0.2, 0) is 22.5 Å². The molecule has 2 atom stereocenters. The topological polar surface area (TPSA) is 29.5 Å². The van der Waals surface area contributed by atoms with Crippen molar-refractivity contribution in [1.29, 1.82) is 0 Å². The van der Waals surface area contributed by atoms with Crippen molar-refractivity contribution in [1.82, 2.24) is 4.90 Å². The summed E-state index contributed by atoms with van der Waals surface area (Å²) in [5, 5.41) is 0. The van der Waals surface area contributed by atoms with Crippen LogP contribution in [0.15, 0.2) is 60.7 Å². The lowest BCUT2D eigenvalue weighted by Crippen LogP contribution is -2.27. The molecule has 132 valence electrons. The average molecular weight is 337 g/mol. The summed E-state index contributed by atoms with van der Waals surface area (Å²) in [7, 11) is 0. The monoisotopic (exact) mass is 337 g/mol. The third-order valence-corrected chi connectivity index (χ3v) is 5.00. The van der Waals surface area contributed by atoms with Gasteiger partial charge in [0, 0.05) is 25.4 Å². The first kappa shape index (κ1) is 17.7. The van der Waals surface area contributed by atoms with Gasteiger partial charge in [-0.25, -0.2) is 0 Å². The summed E-state index contributed by atoms with van der Waals surface area (Å²) in [5.74, 6) is 0.349. The van der Waals surface area contributed by atoms with Gasteiger partial charge in [-0.05, 0) is 37.4 Å². The summed E-state index contributed by atoms with van der Waals surface area (Å²) in [6.07, 6.45) is 2.29. The molecular weight excluding hydrogens is 310 g/mol. The fourth-order valence-corrected chi connectivity index (χ4v) is 3.48. The predicted molar refractivity (Wildman–Crippen MR) is 100 cm³/mol. The highest BCUT2D eigenvalue weighted by atomic mass is 16.5. The molecule has 2 aromatic carbocycles. The summed E-state index contributed by atoms with van der Waals surface area (Å²) in [5.41, 5.74) is 2.53. The van der Waals surface area contributed by atoms with Gasteiger partial charge in [-0.2, -0.15) is 0 Å². The third-order valence-electron chi connectivity index (χ3n) is 5.00. The SMILES string of the molecule is C[C@@H](OC(=O)CCc1ccccc1)[C@H]1CCN(Cc2ccccc2)C1. The van der Waals surface area contributed by atoms with Crippen LogP contribution in [0.5, 0.6) is 0 Å². The second kappa shape index (κ2) is 8.82. The number of likely N-dealkylation sites (tertiary alicyclic amines) is 1. The molecule has 3 nitrogen and oxygen atoms in total. The molecule has 1 aliphatic rings. The van der Waals surface area contributed by atoms with Crippen LogP contribution in [0.4, 0.5) is 0 Å². The van der Waals surface area contributed by atoms with E-state index in [4.69, 9.17) is 4.74 Å². The normalized spacial score (nSPS) is 18.8. The summed E-state index contributed by atoms with van der Waals surface area (Å²) < 4.78 is 5.69. The minimum Gasteiger partial charge on any atom is -0.462 e. The number of carbonyl (C=O) groups excluding carboxylic acids is 1. The van der Waals surface area contributed by atoms with Gasteiger partial charge in [-0.15, -0.1) is 0 Å². The first-order chi connectivity index (χ1) is 12.2. The number of ether oxygens (including phenoxy) is 1. The Balaban J connectivity index is 1.41. The zero-order chi connectivity index (χ0) is 17.5. The maximum Gasteiger partial charge on any atom is 0.306 e. The third kappa shape index (κ3) is 5.43. The molecule has 0 aromatic heterocycles. The minimum atomic E-state index is -0.0853. The van der Waals surface area contributed by atoms with E-state index in [9.17, 15) is 4.79 Å². The fourth-order valence-electron chi connectivity index (χ4n) is 3.48. The zero-order valence-corrected chi connectivity index (χ0v) is 14.9. The molecule has 1 fully saturated rings. The Morgan fingerprint density at radius 1 is 1.08 bits per heavy atom. The van der Waals surface area contributed by atoms with Crippen LogP contribution in [0, 0.1) is 5.92 Å². The summed E-state index contributed by atoms with van der Waals surface area (Å²) in [6, 6.07) is 20.6. The van der Waals surface area contributed by atoms with Crippen LogP contribution >= 0.6 is 0 Å². The van der Waals surface area contributed by atoms with E-state index in [1.807, 2.05) is 31.2 Å². The van der Waals surface area contributed by atoms with Gasteiger partial charge in [0.25, 0.3) is 0 Å². The van der Waals surface area contributed by atoms with E-state index in [2.05, 4.69) is 41.3 Å². The maximum absolute atomic E-state index is 12.1. The second-order valence-electron chi connectivity index (χ2n) is 6.95. The average Bonchev–Trinajstić information content (AvgIpc) is 3.10. The summed E-state index contributed by atoms with van der Waals surface area (Å²) in [4.78, 5) is 14.6. The summed E-state index contributed by atoms with van der Waals surface area (Å²) >= 11 is 0. The van der Waals surface area contributed by atoms with Gasteiger partial charge in [-0.1, -0.05) is 60.7 Å². The van der Waals surface area contributed by atoms with Gasteiger partial charge < -0.3 is 4.74 Å². The molecule has 0 N–H and O–H groups in total. The molecule has 0 bridgehead atoms. The second-order valence-corrected chi connectivity index (χ2v) is 6.95. The summed E-state index contributed by atoms with van der Waals surface area (Å²) in [6.45, 7) is 5.09. The molecule has 1 saturated heterocycles. The Bertz CT molecular complexity index is 656. The van der Waals surface area contributed by atoms with Crippen molar-refractivity contribution in [3.05, 3.63) is 71.8 Å². The van der Waals surface area contributed by atoms with E-state index in [0.717, 1.165) is 32.5 Å². The van der Waals surface area contributed by atoms with Crippen LogP contribution in [-0.4, -0.2) is 30.1 Å². The van der Waals surface area contributed by atoms with Crippen molar-refractivity contribution in [3.8, 4) is 0 Å². The molecular formula is C22H27NO2. The quantitative estimate of drug-likeness (QED) is 0.713. The molecule has 0 aliphatic carbocycles. The van der Waals surface area contributed by atoms with Gasteiger partial charge >= 0.3 is 5.97 Å². The van der Waals surface area contributed by atoms with Crippen LogP contribution in [0.1, 0.15) is 30.9 Å². The number of rotatable bonds is 7. The number of nitrogens with zero attached hydrogens (tertiary/aromatic N) is 1. The minimum absolute atomic E-state index is 0.0101. The zero-order valence-electron chi connectivity index (χ0n) is 14.9. The molecule has 0 saturated carbocycles. The highest BCUT2D eigenvalue weighted by Gasteiger charge is 2.29. The van der Waals surface area contributed by atoms with E-state index in [1.165, 1.54) is 11.1 Å². The number of hydrogen-bond donors (Lipinski definition) is 0. The van der Waals surface area contributed by atoms with Crippen molar-refractivity contribution in [2.45, 2.75) is 38.8 Å². The van der Waals surface area contributed by atoms with E-state index >= 15 is 0 Å². The van der Waals surface area contributed by atoms with E-state index < -0.39 is 0 Å². The van der Waals surface area contributed by atoms with E-state index in [-0.39, 0.29) is 12.1 Å². The first-order valence-electron chi connectivity index (χ1n) is 9.20. The van der Waals surface area contributed by atoms with Crippen molar-refractivity contribution in [2.24, 2.45) is 5.92 Å². The Hall–Kier alpha value is -2.13. The Morgan fingerprint density at radius 3 is 2.40 bits per heavy atom. The van der Waals surface area contributed by atoms with Crippen LogP contribution in [0.2, 0.25) is 0 Å². The lowest BCUT2D eigenvalue weighted by Gasteiger charge is -2.21. The lowest BCUT2D eigenvalue weighted by atomic mass is 10.0. The highest BCUT2D eigenvalue weighted by molar-refractivity contribution is 5.69. The smallest absolute Gasteiger partial charge is 0.306 e. The number of esters is 1. The molecule has 3 rings (SSSR count). The Labute approximate surface area is 150 Å². The standard InChI is InChI=1S/C22H27NO2/c1-18(25-22(24)13-12-19-8-4-2-5-9-19)21-14-15-23(17-21)16-20-10-6-3-7-11-20/h2-11,18,21H,12-17H2,1H3/t18-,21+/m1/s1. The highest BCUT2D eigenvalue weighted by Crippen LogP contribution is 2.23. The lowest BCUT2D eigenvalue weighted by molar-refractivity contribution is -0.150. The van der Waals surface area contributed by atoms with Crippen molar-refractivity contribution >= 4 is 5.97 Å². The Kier molecular flexibility index (Phi) is 6.24. The van der Waals surface area contributed by atoms with E-state index in [0.29, 0.717) is 12.3 Å². The predicted octanol–water partition coefficient (Wildman–Crippen LogP) is 4.07. The van der Waals surface area contributed by atoms with E-state index in [1.54, 1.807) is 0 Å². The van der Waals surface area contributed by atoms with Crippen LogP contribution in [0.25, 0.3) is 0 Å². The van der Waals surface area contributed by atoms with Crippen molar-refractivity contribution < 1.29 is 9.53 Å². The molecule has 0 unspecified atom stereocenters. The van der Waals surface area contributed by atoms with Crippen molar-refractivity contribution in [2.75, 3.05) is 13.1 Å². The van der Waals surface area contributed by atoms with Gasteiger partial charge in [0.1, 0.15) is 6.10 Å². The molecule has 0 radical (unpaired) electrons. The number of carbonyl (C=O) groups is 1. The molecule has 25 heavy (non-hydrogen) atoms. The molecule has 3 heteroatoms. The molecule has 1 heterocycles. The first-order valence-corrected chi connectivity index (χ1v) is 9.20. The molecule has 1 aliphatic heterocycles. The molecule has 0 amide bonds. The van der Waals surface area contributed by atoms with Gasteiger partial charge in [0.15, 0.2) is 0 Å². The molecule has 2 aromatic rings. The Morgan fingerprint density at radius 2 is 1.72 bits per heavy atom. The number of hydrogen-bond acceptors (Lipinski definition) is 3. The largest absolute Gasteiger partial charge is 0.462 e. The van der Waals surface area contributed by atoms with Gasteiger partial charge in [-0.3, -0.25) is 9.69 Å².